The first-order valence-corrected chi connectivity index (χ1v) is 4.73. The number of nitrogens with zero attached hydrogens (tertiary/aromatic N) is 1. The van der Waals surface area contributed by atoms with Crippen LogP contribution in [0.1, 0.15) is 25.7 Å². The summed E-state index contributed by atoms with van der Waals surface area (Å²) in [4.78, 5) is 13.3. The standard InChI is InChI=1S/C7H13N5OS/c1-3-8-7(14)9-4(2)5-10-6(13)12-11-5/h4H,3H2,1-2H3,(H2,8,9,14)(H2,10,11,12,13). The van der Waals surface area contributed by atoms with Crippen LogP contribution in [0.3, 0.4) is 0 Å². The van der Waals surface area contributed by atoms with Crippen LogP contribution in [0.25, 0.3) is 0 Å². The molecule has 0 aliphatic rings. The predicted octanol–water partition coefficient (Wildman–Crippen LogP) is -0.357. The summed E-state index contributed by atoms with van der Waals surface area (Å²) in [6.45, 7) is 4.57. The van der Waals surface area contributed by atoms with Gasteiger partial charge in [0.1, 0.15) is 0 Å². The van der Waals surface area contributed by atoms with Crippen LogP contribution in [0.5, 0.6) is 0 Å². The second kappa shape index (κ2) is 4.75. The smallest absolute Gasteiger partial charge is 0.340 e. The molecule has 0 amide bonds. The van der Waals surface area contributed by atoms with Crippen molar-refractivity contribution in [2.24, 2.45) is 0 Å². The molecular weight excluding hydrogens is 202 g/mol. The van der Waals surface area contributed by atoms with Gasteiger partial charge in [0.2, 0.25) is 0 Å². The van der Waals surface area contributed by atoms with Crippen LogP contribution in [0, 0.1) is 0 Å². The second-order valence-electron chi connectivity index (χ2n) is 2.79. The lowest BCUT2D eigenvalue weighted by molar-refractivity contribution is 0.656. The van der Waals surface area contributed by atoms with Crippen molar-refractivity contribution in [1.29, 1.82) is 0 Å². The third-order valence-corrected chi connectivity index (χ3v) is 1.88. The van der Waals surface area contributed by atoms with Crippen LogP contribution >= 0.6 is 12.2 Å². The summed E-state index contributed by atoms with van der Waals surface area (Å²) in [6.07, 6.45) is 0. The van der Waals surface area contributed by atoms with Crippen molar-refractivity contribution >= 4 is 17.3 Å². The van der Waals surface area contributed by atoms with Crippen LogP contribution in [0.15, 0.2) is 4.79 Å². The van der Waals surface area contributed by atoms with Gasteiger partial charge in [0.15, 0.2) is 10.9 Å². The van der Waals surface area contributed by atoms with Gasteiger partial charge >= 0.3 is 5.69 Å². The number of thiocarbonyl (C=S) groups is 1. The van der Waals surface area contributed by atoms with Crippen molar-refractivity contribution in [3.05, 3.63) is 16.3 Å². The molecule has 4 N–H and O–H groups in total. The molecule has 1 aromatic heterocycles. The SMILES string of the molecule is CCNC(=S)NC(C)c1n[nH]c(=O)[nH]1. The van der Waals surface area contributed by atoms with E-state index in [1.54, 1.807) is 0 Å². The summed E-state index contributed by atoms with van der Waals surface area (Å²) < 4.78 is 0. The van der Waals surface area contributed by atoms with E-state index < -0.39 is 0 Å². The molecule has 1 atom stereocenters. The minimum Gasteiger partial charge on any atom is -0.363 e. The molecule has 0 aliphatic heterocycles. The maximum atomic E-state index is 10.8. The highest BCUT2D eigenvalue weighted by molar-refractivity contribution is 7.80. The Morgan fingerprint density at radius 3 is 2.93 bits per heavy atom. The average Bonchev–Trinajstić information content (AvgIpc) is 2.52. The van der Waals surface area contributed by atoms with Gasteiger partial charge in [-0.25, -0.2) is 9.89 Å². The first-order chi connectivity index (χ1) is 6.63. The number of hydrogen-bond donors (Lipinski definition) is 4. The molecule has 1 heterocycles. The molecule has 7 heteroatoms. The summed E-state index contributed by atoms with van der Waals surface area (Å²) in [5.74, 6) is 0.537. The third kappa shape index (κ3) is 2.84. The van der Waals surface area contributed by atoms with Crippen LogP contribution in [0.2, 0.25) is 0 Å². The quantitative estimate of drug-likeness (QED) is 0.518. The van der Waals surface area contributed by atoms with E-state index in [0.717, 1.165) is 6.54 Å². The van der Waals surface area contributed by atoms with Gasteiger partial charge in [-0.3, -0.25) is 4.98 Å². The van der Waals surface area contributed by atoms with E-state index in [9.17, 15) is 4.79 Å². The minimum absolute atomic E-state index is 0.125. The maximum absolute atomic E-state index is 10.8. The highest BCUT2D eigenvalue weighted by atomic mass is 32.1. The van der Waals surface area contributed by atoms with Crippen LogP contribution in [-0.2, 0) is 0 Å². The number of hydrogen-bond acceptors (Lipinski definition) is 3. The molecule has 0 saturated carbocycles. The monoisotopic (exact) mass is 215 g/mol. The molecule has 1 rings (SSSR count). The van der Waals surface area contributed by atoms with Gasteiger partial charge in [0.25, 0.3) is 0 Å². The molecular formula is C7H13N5OS. The zero-order valence-electron chi connectivity index (χ0n) is 8.05. The van der Waals surface area contributed by atoms with Gasteiger partial charge in [-0.1, -0.05) is 0 Å². The van der Waals surface area contributed by atoms with Gasteiger partial charge in [0.05, 0.1) is 6.04 Å². The molecule has 0 aromatic carbocycles. The van der Waals surface area contributed by atoms with E-state index in [2.05, 4.69) is 25.8 Å². The Labute approximate surface area is 86.5 Å². The Morgan fingerprint density at radius 1 is 1.71 bits per heavy atom. The molecule has 0 bridgehead atoms. The summed E-state index contributed by atoms with van der Waals surface area (Å²) in [5, 5.41) is 12.5. The summed E-state index contributed by atoms with van der Waals surface area (Å²) in [7, 11) is 0. The van der Waals surface area contributed by atoms with Gasteiger partial charge in [-0.15, -0.1) is 0 Å². The fourth-order valence-electron chi connectivity index (χ4n) is 0.965. The Morgan fingerprint density at radius 2 is 2.43 bits per heavy atom. The molecule has 0 saturated heterocycles. The van der Waals surface area contributed by atoms with Crippen molar-refractivity contribution < 1.29 is 0 Å². The van der Waals surface area contributed by atoms with Crippen molar-refractivity contribution in [3.8, 4) is 0 Å². The van der Waals surface area contributed by atoms with E-state index >= 15 is 0 Å². The second-order valence-corrected chi connectivity index (χ2v) is 3.20. The Balaban J connectivity index is 2.54. The van der Waals surface area contributed by atoms with Crippen molar-refractivity contribution in [2.75, 3.05) is 6.54 Å². The van der Waals surface area contributed by atoms with E-state index in [0.29, 0.717) is 10.9 Å². The molecule has 0 fully saturated rings. The maximum Gasteiger partial charge on any atom is 0.340 e. The molecule has 78 valence electrons. The lowest BCUT2D eigenvalue weighted by Gasteiger charge is -2.13. The molecule has 14 heavy (non-hydrogen) atoms. The molecule has 1 unspecified atom stereocenters. The molecule has 1 aromatic rings. The predicted molar refractivity (Wildman–Crippen MR) is 57.0 cm³/mol. The van der Waals surface area contributed by atoms with Crippen molar-refractivity contribution in [1.82, 2.24) is 25.8 Å². The van der Waals surface area contributed by atoms with E-state index in [1.165, 1.54) is 0 Å². The first-order valence-electron chi connectivity index (χ1n) is 4.32. The molecule has 0 radical (unpaired) electrons. The van der Waals surface area contributed by atoms with Crippen molar-refractivity contribution in [3.63, 3.8) is 0 Å². The normalized spacial score (nSPS) is 12.1. The van der Waals surface area contributed by atoms with Gasteiger partial charge in [-0.05, 0) is 26.1 Å². The summed E-state index contributed by atoms with van der Waals surface area (Å²) in [5.41, 5.74) is -0.317. The Kier molecular flexibility index (Phi) is 3.63. The fraction of sp³-hybridized carbons (Fsp3) is 0.571. The number of rotatable bonds is 3. The Bertz CT molecular complexity index is 357. The van der Waals surface area contributed by atoms with Crippen LogP contribution < -0.4 is 16.3 Å². The highest BCUT2D eigenvalue weighted by Gasteiger charge is 2.09. The number of aromatic amines is 2. The largest absolute Gasteiger partial charge is 0.363 e. The summed E-state index contributed by atoms with van der Waals surface area (Å²) >= 11 is 4.98. The first kappa shape index (κ1) is 10.7. The fourth-order valence-corrected chi connectivity index (χ4v) is 1.29. The molecule has 0 aliphatic carbocycles. The van der Waals surface area contributed by atoms with Crippen molar-refractivity contribution in [2.45, 2.75) is 19.9 Å². The lowest BCUT2D eigenvalue weighted by Crippen LogP contribution is -2.37. The highest BCUT2D eigenvalue weighted by Crippen LogP contribution is 2.01. The molecule has 6 nitrogen and oxygen atoms in total. The Hall–Kier alpha value is -1.37. The van der Waals surface area contributed by atoms with Crippen LogP contribution in [0.4, 0.5) is 0 Å². The number of nitrogens with one attached hydrogen (secondary N) is 4. The van der Waals surface area contributed by atoms with E-state index in [-0.39, 0.29) is 11.7 Å². The zero-order chi connectivity index (χ0) is 10.6. The zero-order valence-corrected chi connectivity index (χ0v) is 8.86. The third-order valence-electron chi connectivity index (χ3n) is 1.61. The van der Waals surface area contributed by atoms with E-state index in [1.807, 2.05) is 13.8 Å². The minimum atomic E-state index is -0.317. The average molecular weight is 215 g/mol. The topological polar surface area (TPSA) is 85.6 Å². The number of aromatic nitrogens is 3. The lowest BCUT2D eigenvalue weighted by atomic mass is 10.3. The number of H-pyrrole nitrogens is 2. The van der Waals surface area contributed by atoms with Gasteiger partial charge < -0.3 is 10.6 Å². The molecule has 0 spiro atoms. The van der Waals surface area contributed by atoms with Gasteiger partial charge in [0, 0.05) is 6.54 Å². The van der Waals surface area contributed by atoms with E-state index in [4.69, 9.17) is 12.2 Å². The van der Waals surface area contributed by atoms with Crippen LogP contribution in [-0.4, -0.2) is 26.8 Å². The van der Waals surface area contributed by atoms with Gasteiger partial charge in [-0.2, -0.15) is 5.10 Å². The summed E-state index contributed by atoms with van der Waals surface area (Å²) in [6, 6.07) is -0.125.